The fraction of sp³-hybridized carbons (Fsp3) is 0.435. The molecule has 3 heterocycles. The Kier molecular flexibility index (Phi) is 6.36. The molecule has 10 heteroatoms. The van der Waals surface area contributed by atoms with Gasteiger partial charge in [-0.2, -0.15) is 0 Å². The summed E-state index contributed by atoms with van der Waals surface area (Å²) in [5, 5.41) is 0.618. The molecule has 0 amide bonds. The van der Waals surface area contributed by atoms with E-state index in [9.17, 15) is 22.5 Å². The molecule has 6 nitrogen and oxygen atoms in total. The zero-order valence-electron chi connectivity index (χ0n) is 18.8. The number of nitrogens with zero attached hydrogens (tertiary/aromatic N) is 4. The van der Waals surface area contributed by atoms with Crippen LogP contribution in [0.25, 0.3) is 11.0 Å². The number of alkyl halides is 2. The van der Waals surface area contributed by atoms with Gasteiger partial charge in [0.2, 0.25) is 0 Å². The maximum Gasteiger partial charge on any atom is 0.266 e. The summed E-state index contributed by atoms with van der Waals surface area (Å²) in [7, 11) is 1.20. The Morgan fingerprint density at radius 2 is 1.94 bits per heavy atom. The summed E-state index contributed by atoms with van der Waals surface area (Å²) < 4.78 is 54.7. The lowest BCUT2D eigenvalue weighted by atomic mass is 9.93. The van der Waals surface area contributed by atoms with Crippen LogP contribution in [0.15, 0.2) is 35.4 Å². The lowest BCUT2D eigenvalue weighted by molar-refractivity contribution is 0.146. The average molecular weight is 478 g/mol. The Hall–Kier alpha value is -2.67. The summed E-state index contributed by atoms with van der Waals surface area (Å²) in [4.78, 5) is 23.3. The fourth-order valence-electron chi connectivity index (χ4n) is 4.52. The highest BCUT2D eigenvalue weighted by Crippen LogP contribution is 2.50. The summed E-state index contributed by atoms with van der Waals surface area (Å²) >= 11 is 0. The second-order valence-corrected chi connectivity index (χ2v) is 12.4. The molecule has 4 rings (SSSR count). The van der Waals surface area contributed by atoms with Gasteiger partial charge in [0.15, 0.2) is 0 Å². The van der Waals surface area contributed by atoms with Crippen LogP contribution < -0.4 is 10.5 Å². The summed E-state index contributed by atoms with van der Waals surface area (Å²) in [5.74, 6) is -0.471. The summed E-state index contributed by atoms with van der Waals surface area (Å²) in [6.07, 6.45) is 1.000. The van der Waals surface area contributed by atoms with Crippen molar-refractivity contribution in [3.8, 4) is 0 Å². The molecule has 1 fully saturated rings. The first-order valence-electron chi connectivity index (χ1n) is 10.8. The van der Waals surface area contributed by atoms with Crippen molar-refractivity contribution in [1.82, 2.24) is 14.5 Å². The second-order valence-electron chi connectivity index (χ2n) is 8.89. The Balaban J connectivity index is 1.74. The van der Waals surface area contributed by atoms with Crippen LogP contribution >= 0.6 is 7.14 Å². The van der Waals surface area contributed by atoms with Crippen molar-refractivity contribution in [1.29, 1.82) is 0 Å². The molecule has 0 unspecified atom stereocenters. The van der Waals surface area contributed by atoms with Crippen LogP contribution in [0.5, 0.6) is 0 Å². The van der Waals surface area contributed by atoms with E-state index in [0.717, 1.165) is 6.07 Å². The molecular weight excluding hydrogens is 452 g/mol. The minimum absolute atomic E-state index is 0.00587. The van der Waals surface area contributed by atoms with Crippen molar-refractivity contribution in [2.45, 2.75) is 31.7 Å². The lowest BCUT2D eigenvalue weighted by Gasteiger charge is -2.27. The molecule has 1 aliphatic heterocycles. The Morgan fingerprint density at radius 3 is 2.61 bits per heavy atom. The summed E-state index contributed by atoms with van der Waals surface area (Å²) in [6, 6.07) is 5.73. The van der Waals surface area contributed by atoms with E-state index >= 15 is 0 Å². The van der Waals surface area contributed by atoms with Gasteiger partial charge < -0.3 is 9.46 Å². The number of rotatable bonds is 5. The molecule has 1 aromatic carbocycles. The van der Waals surface area contributed by atoms with Crippen LogP contribution in [0.3, 0.4) is 0 Å². The molecule has 33 heavy (non-hydrogen) atoms. The van der Waals surface area contributed by atoms with Crippen molar-refractivity contribution in [2.24, 2.45) is 7.05 Å². The third-order valence-electron chi connectivity index (χ3n) is 6.46. The topological polar surface area (TPSA) is 68.1 Å². The van der Waals surface area contributed by atoms with E-state index in [-0.39, 0.29) is 23.6 Å². The summed E-state index contributed by atoms with van der Waals surface area (Å²) in [6.45, 7) is 1.82. The van der Waals surface area contributed by atoms with Gasteiger partial charge in [-0.1, -0.05) is 18.2 Å². The van der Waals surface area contributed by atoms with Crippen LogP contribution in [-0.4, -0.2) is 40.6 Å². The number of aryl methyl sites for hydroxylation is 1. The normalized spacial score (nSPS) is 21.0. The van der Waals surface area contributed by atoms with Crippen molar-refractivity contribution in [3.05, 3.63) is 63.5 Å². The standard InChI is InChI=1S/C23H26F3N4O2P/c1-29(12-15-5-4-6-16(19(15)24)20(25)26)21-18-11-17(14-7-9-33(3,32)10-8-14)23(31)30(2)22(18)28-13-27-21/h4-6,11,13-14,20H,7-10,12H2,1-3H3. The van der Waals surface area contributed by atoms with E-state index in [4.69, 9.17) is 0 Å². The van der Waals surface area contributed by atoms with E-state index in [2.05, 4.69) is 9.97 Å². The van der Waals surface area contributed by atoms with Gasteiger partial charge in [-0.05, 0) is 31.5 Å². The Morgan fingerprint density at radius 1 is 1.24 bits per heavy atom. The second kappa shape index (κ2) is 8.93. The highest BCUT2D eigenvalue weighted by molar-refractivity contribution is 7.63. The van der Waals surface area contributed by atoms with Gasteiger partial charge >= 0.3 is 0 Å². The Bertz CT molecular complexity index is 1300. The maximum absolute atomic E-state index is 14.6. The van der Waals surface area contributed by atoms with E-state index in [0.29, 0.717) is 47.6 Å². The number of halogens is 3. The van der Waals surface area contributed by atoms with Crippen molar-refractivity contribution in [2.75, 3.05) is 30.9 Å². The van der Waals surface area contributed by atoms with E-state index < -0.39 is 24.9 Å². The monoisotopic (exact) mass is 478 g/mol. The number of hydrogen-bond donors (Lipinski definition) is 0. The smallest absolute Gasteiger partial charge is 0.266 e. The van der Waals surface area contributed by atoms with Crippen molar-refractivity contribution in [3.63, 3.8) is 0 Å². The molecule has 0 saturated carbocycles. The molecule has 1 aliphatic rings. The third-order valence-corrected chi connectivity index (χ3v) is 8.87. The predicted molar refractivity (Wildman–Crippen MR) is 123 cm³/mol. The van der Waals surface area contributed by atoms with E-state index in [1.807, 2.05) is 6.66 Å². The first kappa shape index (κ1) is 23.5. The molecule has 0 radical (unpaired) electrons. The van der Waals surface area contributed by atoms with E-state index in [1.165, 1.54) is 23.0 Å². The first-order valence-corrected chi connectivity index (χ1v) is 13.3. The number of benzene rings is 1. The van der Waals surface area contributed by atoms with Gasteiger partial charge in [0.05, 0.1) is 18.1 Å². The van der Waals surface area contributed by atoms with Crippen LogP contribution in [0, 0.1) is 5.82 Å². The molecule has 0 spiro atoms. The van der Waals surface area contributed by atoms with Crippen LogP contribution in [-0.2, 0) is 18.2 Å². The molecule has 0 bridgehead atoms. The highest BCUT2D eigenvalue weighted by Gasteiger charge is 2.29. The quantitative estimate of drug-likeness (QED) is 0.488. The molecule has 3 aromatic rings. The van der Waals surface area contributed by atoms with Crippen LogP contribution in [0.2, 0.25) is 0 Å². The van der Waals surface area contributed by atoms with Gasteiger partial charge in [0, 0.05) is 44.1 Å². The molecular formula is C23H26F3N4O2P. The van der Waals surface area contributed by atoms with Crippen molar-refractivity contribution >= 4 is 24.0 Å². The fourth-order valence-corrected chi connectivity index (χ4v) is 6.46. The molecule has 1 saturated heterocycles. The molecule has 0 atom stereocenters. The number of fused-ring (bicyclic) bond motifs is 1. The number of aromatic nitrogens is 3. The van der Waals surface area contributed by atoms with Crippen molar-refractivity contribution < 1.29 is 17.7 Å². The van der Waals surface area contributed by atoms with Crippen LogP contribution in [0.4, 0.5) is 19.0 Å². The minimum Gasteiger partial charge on any atom is -0.355 e. The van der Waals surface area contributed by atoms with Gasteiger partial charge in [-0.25, -0.2) is 23.1 Å². The van der Waals surface area contributed by atoms with Gasteiger partial charge in [0.1, 0.15) is 23.6 Å². The first-order chi connectivity index (χ1) is 15.6. The number of hydrogen-bond acceptors (Lipinski definition) is 5. The zero-order valence-corrected chi connectivity index (χ0v) is 19.7. The molecule has 2 aromatic heterocycles. The number of anilines is 1. The average Bonchev–Trinajstić information content (AvgIpc) is 2.77. The third kappa shape index (κ3) is 4.56. The SMILES string of the molecule is CN(Cc1cccc(C(F)F)c1F)c1ncnc2c1cc(C1CCP(C)(=O)CC1)c(=O)n2C. The molecule has 0 aliphatic carbocycles. The highest BCUT2D eigenvalue weighted by atomic mass is 31.2. The van der Waals surface area contributed by atoms with Crippen LogP contribution in [0.1, 0.15) is 41.9 Å². The number of pyridine rings is 1. The minimum atomic E-state index is -2.90. The predicted octanol–water partition coefficient (Wildman–Crippen LogP) is 4.91. The molecule has 176 valence electrons. The molecule has 0 N–H and O–H groups in total. The largest absolute Gasteiger partial charge is 0.355 e. The lowest BCUT2D eigenvalue weighted by Crippen LogP contribution is -2.27. The van der Waals surface area contributed by atoms with Gasteiger partial charge in [0.25, 0.3) is 12.0 Å². The van der Waals surface area contributed by atoms with Gasteiger partial charge in [-0.3, -0.25) is 9.36 Å². The van der Waals surface area contributed by atoms with E-state index in [1.54, 1.807) is 25.1 Å². The van der Waals surface area contributed by atoms with Gasteiger partial charge in [-0.15, -0.1) is 0 Å². The Labute approximate surface area is 189 Å². The zero-order chi connectivity index (χ0) is 23.9. The maximum atomic E-state index is 14.6. The summed E-state index contributed by atoms with van der Waals surface area (Å²) in [5.41, 5.74) is 0.393.